The zero-order chi connectivity index (χ0) is 17.3. The first kappa shape index (κ1) is 17.8. The molecular formula is C20H31FN2O. The molecule has 2 heterocycles. The van der Waals surface area contributed by atoms with Gasteiger partial charge in [0, 0.05) is 37.8 Å². The van der Waals surface area contributed by atoms with E-state index in [2.05, 4.69) is 23.8 Å². The lowest BCUT2D eigenvalue weighted by atomic mass is 9.78. The van der Waals surface area contributed by atoms with Crippen molar-refractivity contribution in [2.45, 2.75) is 57.2 Å². The highest BCUT2D eigenvalue weighted by Gasteiger charge is 2.48. The van der Waals surface area contributed by atoms with Gasteiger partial charge in [0.1, 0.15) is 5.82 Å². The van der Waals surface area contributed by atoms with Crippen LogP contribution in [0.15, 0.2) is 18.2 Å². The summed E-state index contributed by atoms with van der Waals surface area (Å²) in [6, 6.07) is 6.26. The molecule has 134 valence electrons. The summed E-state index contributed by atoms with van der Waals surface area (Å²) in [5.74, 6) is -0.138. The van der Waals surface area contributed by atoms with Crippen LogP contribution in [0.25, 0.3) is 0 Å². The summed E-state index contributed by atoms with van der Waals surface area (Å²) >= 11 is 0. The minimum absolute atomic E-state index is 0.138. The molecule has 3 unspecified atom stereocenters. The third kappa shape index (κ3) is 3.24. The summed E-state index contributed by atoms with van der Waals surface area (Å²) in [7, 11) is 3.99. The van der Waals surface area contributed by atoms with E-state index in [1.54, 1.807) is 19.2 Å². The van der Waals surface area contributed by atoms with Gasteiger partial charge >= 0.3 is 0 Å². The monoisotopic (exact) mass is 334 g/mol. The minimum Gasteiger partial charge on any atom is -0.383 e. The first-order valence-corrected chi connectivity index (χ1v) is 9.19. The van der Waals surface area contributed by atoms with E-state index < -0.39 is 0 Å². The van der Waals surface area contributed by atoms with Gasteiger partial charge in [0.15, 0.2) is 0 Å². The molecule has 2 fully saturated rings. The van der Waals surface area contributed by atoms with E-state index in [1.807, 2.05) is 13.0 Å². The van der Waals surface area contributed by atoms with Crippen LogP contribution in [0.1, 0.15) is 49.8 Å². The average Bonchev–Trinajstić information content (AvgIpc) is 2.84. The number of piperidine rings is 1. The third-order valence-electron chi connectivity index (χ3n) is 6.33. The maximum absolute atomic E-state index is 13.5. The fraction of sp³-hybridized carbons (Fsp3) is 0.700. The van der Waals surface area contributed by atoms with Gasteiger partial charge in [-0.05, 0) is 69.8 Å². The first-order chi connectivity index (χ1) is 11.5. The summed E-state index contributed by atoms with van der Waals surface area (Å²) in [5.41, 5.74) is 2.62. The number of methoxy groups -OCH3 is 1. The van der Waals surface area contributed by atoms with Crippen LogP contribution in [0.4, 0.5) is 4.39 Å². The lowest BCUT2D eigenvalue weighted by molar-refractivity contribution is 0.000191. The van der Waals surface area contributed by atoms with Crippen molar-refractivity contribution in [2.24, 2.45) is 0 Å². The van der Waals surface area contributed by atoms with Crippen LogP contribution in [0.5, 0.6) is 0 Å². The molecule has 4 heteroatoms. The molecule has 1 aromatic rings. The average molecular weight is 334 g/mol. The van der Waals surface area contributed by atoms with Gasteiger partial charge in [0.25, 0.3) is 0 Å². The van der Waals surface area contributed by atoms with Crippen LogP contribution in [0.2, 0.25) is 0 Å². The van der Waals surface area contributed by atoms with Crippen LogP contribution >= 0.6 is 0 Å². The molecule has 2 aliphatic heterocycles. The van der Waals surface area contributed by atoms with Crippen molar-refractivity contribution >= 4 is 0 Å². The van der Waals surface area contributed by atoms with E-state index in [1.165, 1.54) is 24.8 Å². The van der Waals surface area contributed by atoms with Gasteiger partial charge in [0.05, 0.1) is 6.61 Å². The van der Waals surface area contributed by atoms with E-state index in [-0.39, 0.29) is 11.4 Å². The Morgan fingerprint density at radius 3 is 2.83 bits per heavy atom. The largest absolute Gasteiger partial charge is 0.383 e. The third-order valence-corrected chi connectivity index (χ3v) is 6.33. The number of likely N-dealkylation sites (tertiary alicyclic amines) is 2. The van der Waals surface area contributed by atoms with Crippen LogP contribution < -0.4 is 0 Å². The SMILES string of the molecule is COCCN1C(C)CCC12CCN(C)C(c1ccc(F)cc1C)C2. The summed E-state index contributed by atoms with van der Waals surface area (Å²) < 4.78 is 18.9. The van der Waals surface area contributed by atoms with Crippen molar-refractivity contribution in [3.63, 3.8) is 0 Å². The molecule has 0 aromatic heterocycles. The first-order valence-electron chi connectivity index (χ1n) is 9.19. The molecule has 0 N–H and O–H groups in total. The minimum atomic E-state index is -0.138. The molecule has 1 spiro atoms. The topological polar surface area (TPSA) is 15.7 Å². The molecular weight excluding hydrogens is 303 g/mol. The van der Waals surface area contributed by atoms with Crippen molar-refractivity contribution in [1.29, 1.82) is 0 Å². The Morgan fingerprint density at radius 2 is 2.12 bits per heavy atom. The van der Waals surface area contributed by atoms with Crippen molar-refractivity contribution < 1.29 is 9.13 Å². The van der Waals surface area contributed by atoms with Gasteiger partial charge in [-0.1, -0.05) is 6.07 Å². The maximum Gasteiger partial charge on any atom is 0.123 e. The van der Waals surface area contributed by atoms with Crippen LogP contribution in [-0.4, -0.2) is 55.2 Å². The predicted octanol–water partition coefficient (Wildman–Crippen LogP) is 3.77. The Balaban J connectivity index is 1.87. The van der Waals surface area contributed by atoms with Crippen molar-refractivity contribution in [3.8, 4) is 0 Å². The van der Waals surface area contributed by atoms with E-state index in [4.69, 9.17) is 4.74 Å². The number of benzene rings is 1. The van der Waals surface area contributed by atoms with E-state index in [9.17, 15) is 4.39 Å². The molecule has 2 saturated heterocycles. The van der Waals surface area contributed by atoms with Crippen molar-refractivity contribution in [1.82, 2.24) is 9.80 Å². The fourth-order valence-corrected chi connectivity index (χ4v) is 4.90. The van der Waals surface area contributed by atoms with Gasteiger partial charge in [-0.25, -0.2) is 4.39 Å². The Kier molecular flexibility index (Phi) is 5.28. The van der Waals surface area contributed by atoms with Crippen LogP contribution in [0, 0.1) is 12.7 Å². The number of hydrogen-bond donors (Lipinski definition) is 0. The smallest absolute Gasteiger partial charge is 0.123 e. The van der Waals surface area contributed by atoms with E-state index in [0.717, 1.165) is 31.7 Å². The maximum atomic E-state index is 13.5. The lowest BCUT2D eigenvalue weighted by Gasteiger charge is -2.49. The quantitative estimate of drug-likeness (QED) is 0.833. The molecule has 0 aliphatic carbocycles. The Morgan fingerprint density at radius 1 is 1.33 bits per heavy atom. The second-order valence-corrected chi connectivity index (χ2v) is 7.75. The summed E-state index contributed by atoms with van der Waals surface area (Å²) in [5, 5.41) is 0. The molecule has 3 atom stereocenters. The molecule has 0 saturated carbocycles. The highest BCUT2D eigenvalue weighted by molar-refractivity contribution is 5.31. The molecule has 3 nitrogen and oxygen atoms in total. The predicted molar refractivity (Wildman–Crippen MR) is 95.8 cm³/mol. The Labute approximate surface area is 145 Å². The molecule has 0 amide bonds. The molecule has 1 aromatic carbocycles. The molecule has 3 rings (SSSR count). The normalized spacial score (nSPS) is 31.9. The van der Waals surface area contributed by atoms with Crippen LogP contribution in [-0.2, 0) is 4.74 Å². The van der Waals surface area contributed by atoms with Crippen molar-refractivity contribution in [3.05, 3.63) is 35.1 Å². The summed E-state index contributed by atoms with van der Waals surface area (Å²) in [6.07, 6.45) is 4.88. The van der Waals surface area contributed by atoms with Gasteiger partial charge in [-0.2, -0.15) is 0 Å². The molecule has 2 aliphatic rings. The number of rotatable bonds is 4. The van der Waals surface area contributed by atoms with Gasteiger partial charge < -0.3 is 4.74 Å². The zero-order valence-corrected chi connectivity index (χ0v) is 15.5. The molecule has 0 radical (unpaired) electrons. The van der Waals surface area contributed by atoms with Gasteiger partial charge in [-0.3, -0.25) is 9.80 Å². The summed E-state index contributed by atoms with van der Waals surface area (Å²) in [6.45, 7) is 7.28. The molecule has 24 heavy (non-hydrogen) atoms. The van der Waals surface area contributed by atoms with Gasteiger partial charge in [0.2, 0.25) is 0 Å². The zero-order valence-electron chi connectivity index (χ0n) is 15.5. The number of hydrogen-bond acceptors (Lipinski definition) is 3. The van der Waals surface area contributed by atoms with Crippen LogP contribution in [0.3, 0.4) is 0 Å². The fourth-order valence-electron chi connectivity index (χ4n) is 4.90. The second kappa shape index (κ2) is 7.11. The number of halogens is 1. The standard InChI is InChI=1S/C20H31FN2O/c1-15-13-17(21)5-6-18(15)19-14-20(9-10-22(19)3)8-7-16(2)23(20)11-12-24-4/h5-6,13,16,19H,7-12,14H2,1-4H3. The highest BCUT2D eigenvalue weighted by atomic mass is 19.1. The van der Waals surface area contributed by atoms with E-state index >= 15 is 0 Å². The second-order valence-electron chi connectivity index (χ2n) is 7.75. The highest BCUT2D eigenvalue weighted by Crippen LogP contribution is 2.47. The number of nitrogens with zero attached hydrogens (tertiary/aromatic N) is 2. The van der Waals surface area contributed by atoms with E-state index in [0.29, 0.717) is 12.1 Å². The number of aryl methyl sites for hydroxylation is 1. The lowest BCUT2D eigenvalue weighted by Crippen LogP contribution is -2.54. The Hall–Kier alpha value is -0.970. The Bertz CT molecular complexity index is 579. The van der Waals surface area contributed by atoms with Crippen molar-refractivity contribution in [2.75, 3.05) is 33.9 Å². The number of ether oxygens (including phenoxy) is 1. The molecule has 0 bridgehead atoms. The summed E-state index contributed by atoms with van der Waals surface area (Å²) in [4.78, 5) is 5.14. The van der Waals surface area contributed by atoms with Gasteiger partial charge in [-0.15, -0.1) is 0 Å².